The second-order valence-corrected chi connectivity index (χ2v) is 72.0. The van der Waals surface area contributed by atoms with E-state index in [0.717, 1.165) is 89.0 Å². The van der Waals surface area contributed by atoms with Crippen molar-refractivity contribution in [2.24, 2.45) is 35.2 Å². The molecule has 0 saturated heterocycles. The van der Waals surface area contributed by atoms with Crippen molar-refractivity contribution in [1.29, 1.82) is 26.3 Å². The lowest BCUT2D eigenvalue weighted by molar-refractivity contribution is -0.659. The van der Waals surface area contributed by atoms with Crippen molar-refractivity contribution in [2.75, 3.05) is 0 Å². The molecule has 0 radical (unpaired) electrons. The van der Waals surface area contributed by atoms with Gasteiger partial charge in [-0.05, 0) is 303 Å². The van der Waals surface area contributed by atoms with E-state index in [-0.39, 0.29) is 0 Å². The Bertz CT molecular complexity index is 7750. The highest BCUT2D eigenvalue weighted by molar-refractivity contribution is 6.95. The summed E-state index contributed by atoms with van der Waals surface area (Å²) in [6, 6.07) is 76.1. The van der Waals surface area contributed by atoms with E-state index in [4.69, 9.17) is 0 Å². The van der Waals surface area contributed by atoms with Crippen LogP contribution in [-0.4, -0.2) is 40.4 Å². The summed E-state index contributed by atoms with van der Waals surface area (Å²) in [7, 11) is 3.13. The molecule has 0 bridgehead atoms. The van der Waals surface area contributed by atoms with Gasteiger partial charge in [0.05, 0.1) is 153 Å². The molecule has 0 spiro atoms. The summed E-state index contributed by atoms with van der Waals surface area (Å²) < 4.78 is 11.1. The molecule has 0 saturated carbocycles. The first kappa shape index (κ1) is 113. The van der Waals surface area contributed by atoms with E-state index in [1.165, 1.54) is 179 Å². The fourth-order valence-corrected chi connectivity index (χ4v) is 42.1. The summed E-state index contributed by atoms with van der Waals surface area (Å²) in [5.74, 6) is 0. The number of aryl methyl sites for hydroxylation is 10. The number of benzene rings is 10. The topological polar surface area (TPSA) is 138 Å². The molecule has 0 aliphatic rings. The van der Waals surface area contributed by atoms with E-state index < -0.39 is 40.4 Å². The van der Waals surface area contributed by atoms with E-state index >= 15 is 0 Å². The van der Waals surface area contributed by atoms with Gasteiger partial charge < -0.3 is 0 Å². The van der Waals surface area contributed by atoms with Gasteiger partial charge in [-0.3, -0.25) is 0 Å². The maximum Gasteiger partial charge on any atom is 0.220 e. The van der Waals surface area contributed by atoms with Gasteiger partial charge in [0.25, 0.3) is 0 Å². The third-order valence-electron chi connectivity index (χ3n) is 35.0. The van der Waals surface area contributed by atoms with Gasteiger partial charge in [0, 0.05) is 30.3 Å². The molecule has 0 fully saturated rings. The third-order valence-corrected chi connectivity index (χ3v) is 60.6. The molecule has 0 unspecified atom stereocenters. The summed E-state index contributed by atoms with van der Waals surface area (Å²) in [5.41, 5.74) is 36.4. The largest absolute Gasteiger partial charge is 0.220 e. The molecular weight excluding hydrogens is 1840 g/mol. The molecule has 750 valence electrons. The van der Waals surface area contributed by atoms with Crippen molar-refractivity contribution in [2.45, 2.75) is 298 Å². The van der Waals surface area contributed by atoms with Crippen LogP contribution in [0.1, 0.15) is 215 Å². The zero-order chi connectivity index (χ0) is 108. The van der Waals surface area contributed by atoms with Gasteiger partial charge in [-0.2, -0.15) is 26.3 Å². The van der Waals surface area contributed by atoms with E-state index in [1.54, 1.807) is 15.6 Å². The maximum atomic E-state index is 9.60. The van der Waals surface area contributed by atoms with Crippen molar-refractivity contribution in [1.82, 2.24) is 0 Å². The van der Waals surface area contributed by atoms with E-state index in [9.17, 15) is 26.3 Å². The monoisotopic (exact) mass is 2010 g/mol. The lowest BCUT2D eigenvalue weighted by atomic mass is 9.91. The number of pyridine rings is 5. The first-order valence-corrected chi connectivity index (χ1v) is 66.9. The number of hydrogen-bond acceptors (Lipinski definition) is 5. The second kappa shape index (κ2) is 45.4. The number of fused-ring (bicyclic) bond motifs is 5. The lowest BCUT2D eigenvalue weighted by Gasteiger charge is -2.43. The van der Waals surface area contributed by atoms with Gasteiger partial charge in [-0.25, -0.2) is 22.8 Å². The van der Waals surface area contributed by atoms with Crippen molar-refractivity contribution < 1.29 is 22.8 Å². The minimum atomic E-state index is -1.72. The van der Waals surface area contributed by atoms with Crippen LogP contribution in [0.4, 0.5) is 0 Å². The molecule has 145 heavy (non-hydrogen) atoms. The molecule has 15 heteroatoms. The van der Waals surface area contributed by atoms with E-state index in [2.05, 4.69) is 477 Å². The van der Waals surface area contributed by atoms with Crippen LogP contribution in [0.15, 0.2) is 183 Å². The van der Waals surface area contributed by atoms with Gasteiger partial charge >= 0.3 is 0 Å². The molecule has 5 aromatic heterocycles. The van der Waals surface area contributed by atoms with Crippen LogP contribution in [-0.2, 0) is 35.2 Å². The average molecular weight is 2010 g/mol. The van der Waals surface area contributed by atoms with Gasteiger partial charge in [0.1, 0.15) is 35.2 Å². The zero-order valence-electron chi connectivity index (χ0n) is 95.7. The minimum absolute atomic E-state index is 0.685. The molecule has 15 rings (SSSR count). The Morgan fingerprint density at radius 2 is 0.455 bits per heavy atom. The second-order valence-electron chi connectivity index (χ2n) is 45.2. The predicted octanol–water partition coefficient (Wildman–Crippen LogP) is 29.2. The quantitative estimate of drug-likeness (QED) is 0.0552. The number of aromatic nitrogens is 5. The van der Waals surface area contributed by atoms with Crippen molar-refractivity contribution in [3.63, 3.8) is 0 Å². The van der Waals surface area contributed by atoms with E-state index in [1.807, 2.05) is 34.6 Å². The van der Waals surface area contributed by atoms with Gasteiger partial charge in [0.2, 0.25) is 28.5 Å². The number of hydrogen-bond donors (Lipinski definition) is 0. The molecule has 0 aliphatic heterocycles. The van der Waals surface area contributed by atoms with Gasteiger partial charge in [0.15, 0.2) is 31.0 Å². The molecule has 10 aromatic carbocycles. The highest BCUT2D eigenvalue weighted by Gasteiger charge is 2.45. The first-order chi connectivity index (χ1) is 68.3. The van der Waals surface area contributed by atoms with Gasteiger partial charge in [-0.15, -0.1) is 0 Å². The summed E-state index contributed by atoms with van der Waals surface area (Å²) in [4.78, 5) is 0. The number of nitrogens with zero attached hydrogens (tertiary/aromatic N) is 10. The SMILES string of the molecule is CC[Si](CC)(CC)c1ccc2c(-c3cc(C)c(C#N)c(C)c3C)[n+](C)ccc2c1.CC[Si](CC)(c1ccc2c(-c3cc(C)c(C#N)c(C)c3C)[n+](C)ccc2c1)C(C)C.Cc1cc(-c2c3ccc([Si](C(C)C)(C(C)C)C(C)C)cc3cc[n+]2C)c(C)c(C)c1C#N.Cc1cc(-c2c3ccc([Si](C)(C)C(C)C)cc3cc[n+]2C)c(C)c(C)c1C#N.Cc1cc(-c2c3ccc([Si](C)(C)C)cc3cc[n+]2C)c(C)c(C)c1C#N. The molecule has 0 atom stereocenters. The Hall–Kier alpha value is -12.2. The molecule has 0 aliphatic carbocycles. The first-order valence-electron chi connectivity index (χ1n) is 53.0. The van der Waals surface area contributed by atoms with E-state index in [0.29, 0.717) is 22.2 Å². The van der Waals surface area contributed by atoms with Gasteiger partial charge in [-0.1, -0.05) is 253 Å². The molecule has 5 heterocycles. The highest BCUT2D eigenvalue weighted by atomic mass is 28.3. The van der Waals surface area contributed by atoms with Crippen LogP contribution in [0.5, 0.6) is 0 Å². The van der Waals surface area contributed by atoms with Crippen LogP contribution < -0.4 is 48.8 Å². The fraction of sp³-hybridized carbons (Fsp3) is 0.385. The minimum Gasteiger partial charge on any atom is -0.200 e. The molecule has 0 amide bonds. The molecule has 0 N–H and O–H groups in total. The fourth-order valence-electron chi connectivity index (χ4n) is 24.3. The number of rotatable bonds is 20. The molecule has 10 nitrogen and oxygen atoms in total. The van der Waals surface area contributed by atoms with Crippen LogP contribution in [0.3, 0.4) is 0 Å². The summed E-state index contributed by atoms with van der Waals surface area (Å²) >= 11 is 0. The Morgan fingerprint density at radius 1 is 0.241 bits per heavy atom. The van der Waals surface area contributed by atoms with Crippen LogP contribution in [0, 0.1) is 161 Å². The number of nitriles is 5. The lowest BCUT2D eigenvalue weighted by Crippen LogP contribution is -2.55. The summed E-state index contributed by atoms with van der Waals surface area (Å²) in [5, 5.41) is 68.3. The Labute approximate surface area is 876 Å². The smallest absolute Gasteiger partial charge is 0.200 e. The standard InChI is InChI=1S/C29H39N2Si.C27H35N2Si.C26H33N2Si.C25H31N2Si.C23H27N2Si/c1-18(2)32(19(3)4,20(5)6)25-11-12-26-24(16-25)13-14-31(10)29(26)27-15-21(7)28(17-30)23(9)22(27)8;1-9-30(10-2,18(3)4)23-11-12-24-22(16-23)13-14-29(8)27(24)25-15-19(5)26(17-28)21(7)20(25)6;1-8-29(9-2,10-3)22-11-12-23-21(16-22)13-14-28(7)26(23)24-15-18(4)25(17-27)20(6)19(24)5;1-16(2)28(7,8)21-9-10-22-20(14-21)11-12-27(6)25(22)23-13-17(3)24(15-26)19(5)18(23)4;1-15-12-21(16(2)17(3)22(15)14-24)23-20-9-8-19(26(5,6)7)13-18(20)10-11-25(23)4/h11-16,18-20H,1-10H3;11-16,18H,9-10H2,1-8H3;11-16H,8-10H2,1-7H3;9-14,16H,1-8H3;8-13H,1-7H3/q5*+1. The Morgan fingerprint density at radius 3 is 0.676 bits per heavy atom. The predicted molar refractivity (Wildman–Crippen MR) is 632 cm³/mol. The molecular formula is C130H165N10Si5+5. The van der Waals surface area contributed by atoms with Crippen molar-refractivity contribution in [3.05, 3.63) is 294 Å². The third kappa shape index (κ3) is 21.3. The zero-order valence-corrected chi connectivity index (χ0v) is 101. The van der Waals surface area contributed by atoms with Crippen LogP contribution in [0.25, 0.3) is 110 Å². The normalized spacial score (nSPS) is 11.9. The van der Waals surface area contributed by atoms with Crippen molar-refractivity contribution in [3.8, 4) is 86.6 Å². The maximum absolute atomic E-state index is 9.60. The van der Waals surface area contributed by atoms with Crippen molar-refractivity contribution >= 4 is 120 Å². The Kier molecular flexibility index (Phi) is 35.4. The average Bonchev–Trinajstić information content (AvgIpc) is 0.735. The Balaban J connectivity index is 0.000000173. The highest BCUT2D eigenvalue weighted by Crippen LogP contribution is 2.45. The molecule has 15 aromatic rings. The summed E-state index contributed by atoms with van der Waals surface area (Å²) in [6.07, 6.45) is 10.9. The van der Waals surface area contributed by atoms with Crippen LogP contribution in [0.2, 0.25) is 90.7 Å². The van der Waals surface area contributed by atoms with Crippen LogP contribution >= 0.6 is 0 Å². The summed E-state index contributed by atoms with van der Waals surface area (Å²) in [6.45, 7) is 79.2.